The average Bonchev–Trinajstić information content (AvgIpc) is 3.14. The quantitative estimate of drug-likeness (QED) is 0.101. The molecule has 3 aliphatic carbocycles. The molecule has 7 rings (SSSR count). The molecule has 1 fully saturated rings. The van der Waals surface area contributed by atoms with Crippen LogP contribution in [-0.4, -0.2) is 86.8 Å². The molecule has 6 atom stereocenters. The van der Waals surface area contributed by atoms with Crippen molar-refractivity contribution in [3.8, 4) is 5.75 Å². The molecule has 55 heavy (non-hydrogen) atoms. The Labute approximate surface area is 313 Å². The molecule has 0 saturated heterocycles. The van der Waals surface area contributed by atoms with Gasteiger partial charge in [-0.25, -0.2) is 9.59 Å². The molecule has 15 nitrogen and oxygen atoms in total. The Morgan fingerprint density at radius 1 is 0.836 bits per heavy atom. The van der Waals surface area contributed by atoms with Crippen molar-refractivity contribution < 1.29 is 49.1 Å². The third-order valence-electron chi connectivity index (χ3n) is 10.7. The number of likely N-dealkylation sites (N-methyl/N-ethyl adjacent to an activating group) is 1. The SMILES string of the molecule is C[C@H]1c2ccc(NC(=O)Nc3cccc4ccccc34)c(O)c2C(O)=C2C(=O)[C@]3(O)C(O)=C(C(N)=O)C(=O)[C@@H](N(C)C)[C@@H]3[C@@H](OC(=O)Nc3ccccc3)[C@@H]21. The lowest BCUT2D eigenvalue weighted by molar-refractivity contribution is -0.169. The number of carbonyl (C=O) groups is 5. The number of aliphatic hydroxyl groups excluding tert-OH is 2. The van der Waals surface area contributed by atoms with Crippen LogP contribution in [0.15, 0.2) is 102 Å². The number of aromatic hydroxyl groups is 1. The molecule has 0 radical (unpaired) electrons. The Balaban J connectivity index is 1.34. The van der Waals surface area contributed by atoms with Crippen molar-refractivity contribution in [1.82, 2.24) is 4.90 Å². The van der Waals surface area contributed by atoms with E-state index in [0.717, 1.165) is 10.8 Å². The van der Waals surface area contributed by atoms with Crippen LogP contribution < -0.4 is 21.7 Å². The van der Waals surface area contributed by atoms with Crippen LogP contribution in [0.2, 0.25) is 0 Å². The highest BCUT2D eigenvalue weighted by atomic mass is 16.6. The third-order valence-corrected chi connectivity index (χ3v) is 10.7. The van der Waals surface area contributed by atoms with Gasteiger partial charge in [0.1, 0.15) is 28.9 Å². The Hall–Kier alpha value is -6.71. The predicted octanol–water partition coefficient (Wildman–Crippen LogP) is 4.55. The van der Waals surface area contributed by atoms with E-state index in [1.807, 2.05) is 30.3 Å². The van der Waals surface area contributed by atoms with Gasteiger partial charge in [0.2, 0.25) is 5.78 Å². The Morgan fingerprint density at radius 3 is 2.18 bits per heavy atom. The summed E-state index contributed by atoms with van der Waals surface area (Å²) in [6, 6.07) is 21.5. The monoisotopic (exact) mass is 747 g/mol. The second-order valence-electron chi connectivity index (χ2n) is 14.0. The molecule has 15 heteroatoms. The number of phenols is 1. The largest absolute Gasteiger partial charge is 0.508 e. The number of nitrogens with two attached hydrogens (primary N) is 1. The summed E-state index contributed by atoms with van der Waals surface area (Å²) in [7, 11) is 2.86. The summed E-state index contributed by atoms with van der Waals surface area (Å²) in [4.78, 5) is 69.1. The van der Waals surface area contributed by atoms with Crippen molar-refractivity contribution in [3.05, 3.63) is 113 Å². The molecular formula is C40H37N5O10. The highest BCUT2D eigenvalue weighted by molar-refractivity contribution is 6.24. The first-order valence-electron chi connectivity index (χ1n) is 17.3. The smallest absolute Gasteiger partial charge is 0.411 e. The van der Waals surface area contributed by atoms with E-state index in [1.165, 1.54) is 31.1 Å². The fourth-order valence-corrected chi connectivity index (χ4v) is 8.23. The first-order chi connectivity index (χ1) is 26.2. The number of phenolic OH excluding ortho intramolecular Hbond substituents is 1. The molecule has 0 unspecified atom stereocenters. The van der Waals surface area contributed by atoms with Crippen LogP contribution >= 0.6 is 0 Å². The zero-order valence-electron chi connectivity index (χ0n) is 29.7. The summed E-state index contributed by atoms with van der Waals surface area (Å²) in [5.41, 5.74) is 1.40. The Kier molecular flexibility index (Phi) is 9.07. The summed E-state index contributed by atoms with van der Waals surface area (Å²) in [6.45, 7) is 1.62. The number of Topliss-reactive ketones (excluding diaryl/α,β-unsaturated/α-hetero) is 2. The van der Waals surface area contributed by atoms with E-state index in [4.69, 9.17) is 10.5 Å². The zero-order chi connectivity index (χ0) is 39.5. The molecule has 282 valence electrons. The maximum atomic E-state index is 14.7. The van der Waals surface area contributed by atoms with Gasteiger partial charge in [-0.3, -0.25) is 24.6 Å². The molecule has 3 aliphatic rings. The van der Waals surface area contributed by atoms with Crippen molar-refractivity contribution in [2.75, 3.05) is 30.0 Å². The first-order valence-corrected chi connectivity index (χ1v) is 17.3. The fourth-order valence-electron chi connectivity index (χ4n) is 8.23. The molecule has 1 saturated carbocycles. The lowest BCUT2D eigenvalue weighted by Gasteiger charge is -2.54. The molecule has 4 aromatic carbocycles. The number of nitrogens with zero attached hydrogens (tertiary/aromatic N) is 1. The van der Waals surface area contributed by atoms with Gasteiger partial charge in [-0.05, 0) is 55.2 Å². The number of benzene rings is 4. The summed E-state index contributed by atoms with van der Waals surface area (Å²) in [6.07, 6.45) is -2.69. The van der Waals surface area contributed by atoms with Gasteiger partial charge in [0.05, 0.1) is 28.9 Å². The van der Waals surface area contributed by atoms with Crippen LogP contribution in [0.25, 0.3) is 16.5 Å². The number of anilines is 3. The lowest BCUT2D eigenvalue weighted by atomic mass is 9.54. The molecule has 0 heterocycles. The average molecular weight is 748 g/mol. The van der Waals surface area contributed by atoms with Gasteiger partial charge in [0, 0.05) is 22.6 Å². The minimum Gasteiger partial charge on any atom is -0.508 e. The van der Waals surface area contributed by atoms with E-state index >= 15 is 0 Å². The summed E-state index contributed by atoms with van der Waals surface area (Å²) in [5.74, 6) is -10.5. The van der Waals surface area contributed by atoms with Crippen molar-refractivity contribution in [1.29, 1.82) is 0 Å². The van der Waals surface area contributed by atoms with Crippen LogP contribution in [-0.2, 0) is 19.1 Å². The number of hydrogen-bond acceptors (Lipinski definition) is 11. The normalized spacial score (nSPS) is 24.5. The van der Waals surface area contributed by atoms with Crippen LogP contribution in [0.4, 0.5) is 26.7 Å². The topological polar surface area (TPSA) is 241 Å². The number of aliphatic hydroxyl groups is 3. The molecule has 4 amide bonds. The number of fused-ring (bicyclic) bond motifs is 4. The first kappa shape index (κ1) is 36.6. The van der Waals surface area contributed by atoms with E-state index in [0.29, 0.717) is 11.4 Å². The van der Waals surface area contributed by atoms with Gasteiger partial charge in [0.15, 0.2) is 11.4 Å². The molecule has 9 N–H and O–H groups in total. The number of primary amides is 1. The number of ketones is 2. The summed E-state index contributed by atoms with van der Waals surface area (Å²) >= 11 is 0. The number of nitrogens with one attached hydrogen (secondary N) is 3. The van der Waals surface area contributed by atoms with Gasteiger partial charge in [-0.15, -0.1) is 0 Å². The van der Waals surface area contributed by atoms with Crippen LogP contribution in [0.1, 0.15) is 24.0 Å². The van der Waals surface area contributed by atoms with Gasteiger partial charge < -0.3 is 41.5 Å². The highest BCUT2D eigenvalue weighted by Crippen LogP contribution is 2.57. The molecule has 0 aliphatic heterocycles. The molecule has 4 aromatic rings. The number of urea groups is 1. The number of rotatable bonds is 6. The van der Waals surface area contributed by atoms with Crippen LogP contribution in [0.5, 0.6) is 5.75 Å². The Bertz CT molecular complexity index is 2370. The van der Waals surface area contributed by atoms with Gasteiger partial charge in [0.25, 0.3) is 5.91 Å². The standard InChI is InChI=1S/C40H37N5O10/c1-18-21-16-17-24(44-38(52)43-23-15-9-11-19-10-7-8-14-22(19)23)31(46)26(21)32(47)27-25(18)34(55-39(53)42-20-12-5-4-6-13-20)29-30(45(2)3)33(48)28(37(41)51)36(50)40(29,54)35(27)49/h4-18,25,29-30,34,46-47,50,54H,1-3H3,(H2,41,51)(H,42,53)(H2,43,44,52)/t18-,25+,29+,30-,34-,40-/m0/s1. The number of hydrogen-bond donors (Lipinski definition) is 8. The minimum absolute atomic E-state index is 0.154. The minimum atomic E-state index is -3.13. The van der Waals surface area contributed by atoms with E-state index < -0.39 is 93.5 Å². The fraction of sp³-hybridized carbons (Fsp3) is 0.225. The van der Waals surface area contributed by atoms with Crippen molar-refractivity contribution in [3.63, 3.8) is 0 Å². The number of carbonyl (C=O) groups excluding carboxylic acids is 5. The zero-order valence-corrected chi connectivity index (χ0v) is 29.7. The summed E-state index contributed by atoms with van der Waals surface area (Å²) in [5, 5.41) is 56.9. The molecular weight excluding hydrogens is 710 g/mol. The van der Waals surface area contributed by atoms with Gasteiger partial charge in [-0.1, -0.05) is 67.6 Å². The summed E-state index contributed by atoms with van der Waals surface area (Å²) < 4.78 is 5.98. The van der Waals surface area contributed by atoms with Crippen molar-refractivity contribution >= 4 is 63.2 Å². The highest BCUT2D eigenvalue weighted by Gasteiger charge is 2.69. The maximum Gasteiger partial charge on any atom is 0.411 e. The van der Waals surface area contributed by atoms with E-state index in [-0.39, 0.29) is 16.8 Å². The third kappa shape index (κ3) is 5.80. The van der Waals surface area contributed by atoms with Crippen molar-refractivity contribution in [2.45, 2.75) is 30.6 Å². The number of ether oxygens (including phenoxy) is 1. The van der Waals surface area contributed by atoms with E-state index in [9.17, 15) is 44.4 Å². The Morgan fingerprint density at radius 2 is 1.49 bits per heavy atom. The molecule has 0 aromatic heterocycles. The maximum absolute atomic E-state index is 14.7. The number of para-hydroxylation sites is 1. The lowest BCUT2D eigenvalue weighted by Crippen LogP contribution is -2.71. The van der Waals surface area contributed by atoms with E-state index in [1.54, 1.807) is 49.4 Å². The number of amides is 4. The predicted molar refractivity (Wildman–Crippen MR) is 201 cm³/mol. The van der Waals surface area contributed by atoms with Crippen LogP contribution in [0.3, 0.4) is 0 Å². The second-order valence-corrected chi connectivity index (χ2v) is 14.0. The van der Waals surface area contributed by atoms with Crippen molar-refractivity contribution in [2.24, 2.45) is 17.6 Å². The van der Waals surface area contributed by atoms with Gasteiger partial charge >= 0.3 is 12.1 Å². The van der Waals surface area contributed by atoms with Crippen LogP contribution in [0, 0.1) is 11.8 Å². The molecule has 0 spiro atoms. The molecule has 0 bridgehead atoms. The van der Waals surface area contributed by atoms with E-state index in [2.05, 4.69) is 16.0 Å². The van der Waals surface area contributed by atoms with Gasteiger partial charge in [-0.2, -0.15) is 0 Å². The second kappa shape index (κ2) is 13.6.